The SMILES string of the molecule is CC[C@@H](C)NC(=O)[C@@H](Cc1ccccc1)N(Cc1ccc(Cl)c(Cl)c1)C(=O)CN(c1ccc(C)c(C)c1)S(=O)(=O)c1ccc(C)cc1. The maximum Gasteiger partial charge on any atom is 0.264 e. The molecule has 4 aromatic rings. The van der Waals surface area contributed by atoms with E-state index in [2.05, 4.69) is 5.32 Å². The quantitative estimate of drug-likeness (QED) is 0.156. The standard InChI is InChI=1S/C37H41Cl2N3O4S/c1-6-28(5)40-37(44)35(22-29-10-8-7-9-11-29)41(23-30-15-19-33(38)34(39)21-30)36(43)24-42(31-16-14-26(3)27(4)20-31)47(45,46)32-17-12-25(2)13-18-32/h7-21,28,35H,6,22-24H2,1-5H3,(H,40,44)/t28-,35-/m1/s1. The van der Waals surface area contributed by atoms with Crippen molar-refractivity contribution in [2.45, 2.75) is 71.0 Å². The van der Waals surface area contributed by atoms with Crippen LogP contribution in [0.3, 0.4) is 0 Å². The molecule has 0 bridgehead atoms. The van der Waals surface area contributed by atoms with Gasteiger partial charge in [-0.3, -0.25) is 13.9 Å². The van der Waals surface area contributed by atoms with Crippen molar-refractivity contribution < 1.29 is 18.0 Å². The number of carbonyl (C=O) groups is 2. The fraction of sp³-hybridized carbons (Fsp3) is 0.297. The molecule has 10 heteroatoms. The molecule has 0 saturated carbocycles. The summed E-state index contributed by atoms with van der Waals surface area (Å²) in [7, 11) is -4.20. The molecule has 0 spiro atoms. The van der Waals surface area contributed by atoms with Crippen LogP contribution < -0.4 is 9.62 Å². The lowest BCUT2D eigenvalue weighted by molar-refractivity contribution is -0.140. The number of hydrogen-bond acceptors (Lipinski definition) is 4. The molecular formula is C37H41Cl2N3O4S. The van der Waals surface area contributed by atoms with Crippen molar-refractivity contribution in [1.82, 2.24) is 10.2 Å². The third kappa shape index (κ3) is 9.15. The molecule has 0 heterocycles. The fourth-order valence-corrected chi connectivity index (χ4v) is 6.80. The predicted octanol–water partition coefficient (Wildman–Crippen LogP) is 7.67. The summed E-state index contributed by atoms with van der Waals surface area (Å²) in [6.07, 6.45) is 0.907. The Morgan fingerprint density at radius 3 is 2.11 bits per heavy atom. The maximum atomic E-state index is 14.6. The Bertz CT molecular complexity index is 1820. The lowest BCUT2D eigenvalue weighted by atomic mass is 10.0. The van der Waals surface area contributed by atoms with E-state index in [1.54, 1.807) is 42.5 Å². The zero-order valence-corrected chi connectivity index (χ0v) is 29.7. The van der Waals surface area contributed by atoms with Gasteiger partial charge in [0.15, 0.2) is 0 Å². The Morgan fingerprint density at radius 2 is 1.49 bits per heavy atom. The van der Waals surface area contributed by atoms with E-state index in [1.807, 2.05) is 71.0 Å². The second-order valence-electron chi connectivity index (χ2n) is 11.9. The van der Waals surface area contributed by atoms with E-state index in [-0.39, 0.29) is 29.8 Å². The van der Waals surface area contributed by atoms with Crippen LogP contribution in [0.4, 0.5) is 5.69 Å². The third-order valence-corrected chi connectivity index (χ3v) is 10.8. The maximum absolute atomic E-state index is 14.6. The first kappa shape index (κ1) is 36.0. The monoisotopic (exact) mass is 693 g/mol. The van der Waals surface area contributed by atoms with E-state index >= 15 is 0 Å². The van der Waals surface area contributed by atoms with Gasteiger partial charge in [0.05, 0.1) is 20.6 Å². The molecule has 4 rings (SSSR count). The Kier molecular flexibility index (Phi) is 12.1. The first-order valence-corrected chi connectivity index (χ1v) is 17.7. The smallest absolute Gasteiger partial charge is 0.264 e. The number of sulfonamides is 1. The summed E-state index contributed by atoms with van der Waals surface area (Å²) in [6.45, 7) is 9.02. The van der Waals surface area contributed by atoms with E-state index in [0.29, 0.717) is 27.7 Å². The van der Waals surface area contributed by atoms with Crippen molar-refractivity contribution >= 4 is 50.7 Å². The van der Waals surface area contributed by atoms with Gasteiger partial charge in [0.1, 0.15) is 12.6 Å². The van der Waals surface area contributed by atoms with Crippen LogP contribution in [0.1, 0.15) is 48.1 Å². The minimum atomic E-state index is -4.20. The zero-order chi connectivity index (χ0) is 34.3. The van der Waals surface area contributed by atoms with Gasteiger partial charge in [-0.25, -0.2) is 8.42 Å². The van der Waals surface area contributed by atoms with E-state index < -0.39 is 28.5 Å². The van der Waals surface area contributed by atoms with Crippen LogP contribution in [-0.2, 0) is 32.6 Å². The van der Waals surface area contributed by atoms with E-state index in [1.165, 1.54) is 17.0 Å². The number of nitrogens with one attached hydrogen (secondary N) is 1. The predicted molar refractivity (Wildman–Crippen MR) is 190 cm³/mol. The van der Waals surface area contributed by atoms with Crippen molar-refractivity contribution in [3.8, 4) is 0 Å². The molecule has 0 aliphatic carbocycles. The average Bonchev–Trinajstić information content (AvgIpc) is 3.05. The van der Waals surface area contributed by atoms with E-state index in [4.69, 9.17) is 23.2 Å². The Balaban J connectivity index is 1.84. The van der Waals surface area contributed by atoms with Gasteiger partial charge in [-0.05, 0) is 92.8 Å². The first-order chi connectivity index (χ1) is 22.3. The number of carbonyl (C=O) groups excluding carboxylic acids is 2. The van der Waals surface area contributed by atoms with Crippen LogP contribution in [-0.4, -0.2) is 43.8 Å². The molecule has 2 amide bonds. The molecule has 0 saturated heterocycles. The number of benzene rings is 4. The number of nitrogens with zero attached hydrogens (tertiary/aromatic N) is 2. The molecule has 4 aromatic carbocycles. The molecule has 0 aromatic heterocycles. The topological polar surface area (TPSA) is 86.8 Å². The molecule has 0 unspecified atom stereocenters. The molecule has 1 N–H and O–H groups in total. The van der Waals surface area contributed by atoms with Crippen LogP contribution in [0.5, 0.6) is 0 Å². The number of hydrogen-bond donors (Lipinski definition) is 1. The van der Waals surface area contributed by atoms with E-state index in [9.17, 15) is 18.0 Å². The van der Waals surface area contributed by atoms with Crippen LogP contribution >= 0.6 is 23.2 Å². The minimum Gasteiger partial charge on any atom is -0.352 e. The Labute approximate surface area is 288 Å². The van der Waals surface area contributed by atoms with E-state index in [0.717, 1.165) is 26.6 Å². The summed E-state index contributed by atoms with van der Waals surface area (Å²) in [5, 5.41) is 3.70. The normalized spacial score (nSPS) is 12.7. The van der Waals surface area contributed by atoms with Crippen molar-refractivity contribution in [3.05, 3.63) is 129 Å². The molecule has 0 fully saturated rings. The van der Waals surface area contributed by atoms with Gasteiger partial charge < -0.3 is 10.2 Å². The lowest BCUT2D eigenvalue weighted by Gasteiger charge is -2.34. The van der Waals surface area contributed by atoms with Crippen LogP contribution in [0.25, 0.3) is 0 Å². The molecule has 2 atom stereocenters. The summed E-state index contributed by atoms with van der Waals surface area (Å²) >= 11 is 12.6. The van der Waals surface area contributed by atoms with Crippen LogP contribution in [0, 0.1) is 20.8 Å². The Morgan fingerprint density at radius 1 is 0.809 bits per heavy atom. The number of halogens is 2. The highest BCUT2D eigenvalue weighted by atomic mass is 35.5. The second-order valence-corrected chi connectivity index (χ2v) is 14.6. The lowest BCUT2D eigenvalue weighted by Crippen LogP contribution is -2.54. The highest BCUT2D eigenvalue weighted by Crippen LogP contribution is 2.28. The van der Waals surface area contributed by atoms with Gasteiger partial charge in [-0.2, -0.15) is 0 Å². The average molecular weight is 695 g/mol. The molecular weight excluding hydrogens is 653 g/mol. The van der Waals surface area contributed by atoms with Gasteiger partial charge in [-0.15, -0.1) is 0 Å². The van der Waals surface area contributed by atoms with Crippen LogP contribution in [0.2, 0.25) is 10.0 Å². The Hall–Kier alpha value is -3.85. The number of amides is 2. The molecule has 0 aliphatic rings. The number of aryl methyl sites for hydroxylation is 3. The van der Waals surface area contributed by atoms with Crippen molar-refractivity contribution in [3.63, 3.8) is 0 Å². The first-order valence-electron chi connectivity index (χ1n) is 15.5. The van der Waals surface area contributed by atoms with Gasteiger partial charge >= 0.3 is 0 Å². The van der Waals surface area contributed by atoms with Crippen molar-refractivity contribution in [2.75, 3.05) is 10.8 Å². The summed E-state index contributed by atoms with van der Waals surface area (Å²) < 4.78 is 29.6. The summed E-state index contributed by atoms with van der Waals surface area (Å²) in [6, 6.07) is 25.2. The van der Waals surface area contributed by atoms with Crippen molar-refractivity contribution in [2.24, 2.45) is 0 Å². The molecule has 7 nitrogen and oxygen atoms in total. The molecule has 0 aliphatic heterocycles. The molecule has 0 radical (unpaired) electrons. The fourth-order valence-electron chi connectivity index (χ4n) is 5.08. The van der Waals surface area contributed by atoms with Crippen LogP contribution in [0.15, 0.2) is 95.9 Å². The highest BCUT2D eigenvalue weighted by Gasteiger charge is 2.35. The molecule has 248 valence electrons. The summed E-state index contributed by atoms with van der Waals surface area (Å²) in [5.74, 6) is -0.888. The zero-order valence-electron chi connectivity index (χ0n) is 27.3. The number of anilines is 1. The minimum absolute atomic E-state index is 0.00745. The largest absolute Gasteiger partial charge is 0.352 e. The highest BCUT2D eigenvalue weighted by molar-refractivity contribution is 7.92. The summed E-state index contributed by atoms with van der Waals surface area (Å²) in [5.41, 5.74) is 4.60. The summed E-state index contributed by atoms with van der Waals surface area (Å²) in [4.78, 5) is 30.1. The van der Waals surface area contributed by atoms with Gasteiger partial charge in [0.25, 0.3) is 10.0 Å². The van der Waals surface area contributed by atoms with Gasteiger partial charge in [-0.1, -0.05) is 90.3 Å². The third-order valence-electron chi connectivity index (χ3n) is 8.28. The number of rotatable bonds is 13. The van der Waals surface area contributed by atoms with Gasteiger partial charge in [0, 0.05) is 19.0 Å². The van der Waals surface area contributed by atoms with Gasteiger partial charge in [0.2, 0.25) is 11.8 Å². The second kappa shape index (κ2) is 15.8. The molecule has 47 heavy (non-hydrogen) atoms. The van der Waals surface area contributed by atoms with Crippen molar-refractivity contribution in [1.29, 1.82) is 0 Å².